The second-order valence-electron chi connectivity index (χ2n) is 4.02. The topological polar surface area (TPSA) is 108 Å². The van der Waals surface area contributed by atoms with E-state index >= 15 is 0 Å². The molecular weight excluding hydrogens is 309 g/mol. The molecule has 0 aliphatic carbocycles. The first-order valence-corrected chi connectivity index (χ1v) is 5.96. The van der Waals surface area contributed by atoms with Crippen LogP contribution in [0, 0.1) is 0 Å². The molecule has 0 aliphatic rings. The molecule has 7 nitrogen and oxygen atoms in total. The second-order valence-corrected chi connectivity index (χ2v) is 4.02. The van der Waals surface area contributed by atoms with E-state index in [0.29, 0.717) is 0 Å². The van der Waals surface area contributed by atoms with E-state index in [4.69, 9.17) is 10.2 Å². The summed E-state index contributed by atoms with van der Waals surface area (Å²) in [5.41, 5.74) is -0.0420. The van der Waals surface area contributed by atoms with Crippen LogP contribution in [0.25, 0.3) is 0 Å². The summed E-state index contributed by atoms with van der Waals surface area (Å²) in [4.78, 5) is 22.5. The molecule has 1 unspecified atom stereocenters. The number of carboxylic acid groups (broad SMARTS) is 1. The number of aliphatic hydroxyl groups is 1. The molecule has 1 rings (SSSR count). The van der Waals surface area contributed by atoms with E-state index in [1.165, 1.54) is 12.1 Å². The van der Waals surface area contributed by atoms with Gasteiger partial charge in [0, 0.05) is 6.54 Å². The fourth-order valence-corrected chi connectivity index (χ4v) is 1.60. The minimum atomic E-state index is -4.91. The van der Waals surface area contributed by atoms with Crippen LogP contribution in [-0.4, -0.2) is 41.7 Å². The van der Waals surface area contributed by atoms with E-state index in [-0.39, 0.29) is 18.7 Å². The summed E-state index contributed by atoms with van der Waals surface area (Å²) in [7, 11) is 0. The van der Waals surface area contributed by atoms with Gasteiger partial charge in [-0.15, -0.1) is 13.2 Å². The third kappa shape index (κ3) is 5.87. The molecule has 0 aliphatic heterocycles. The molecule has 0 fully saturated rings. The van der Waals surface area contributed by atoms with Gasteiger partial charge in [0.1, 0.15) is 11.8 Å². The number of rotatable bonds is 6. The third-order valence-corrected chi connectivity index (χ3v) is 2.37. The molecule has 1 aromatic rings. The number of alkyl halides is 3. The number of aliphatic hydroxyl groups excluding tert-OH is 1. The number of nitrogens with one attached hydrogen (secondary N) is 2. The maximum atomic E-state index is 12.2. The summed E-state index contributed by atoms with van der Waals surface area (Å²) < 4.78 is 40.2. The standard InChI is InChI=1S/C12H13F3N2O5/c13-12(14,15)22-8-3-1-2-7(6-8)9(17-11(20)21)10(19)16-4-5-18/h1-3,6,9,17-18H,4-5H2,(H,16,19)(H,20,21). The lowest BCUT2D eigenvalue weighted by molar-refractivity contribution is -0.274. The monoisotopic (exact) mass is 322 g/mol. The SMILES string of the molecule is O=C(O)NC(C(=O)NCCO)c1cccc(OC(F)(F)F)c1. The highest BCUT2D eigenvalue weighted by atomic mass is 19.4. The zero-order valence-electron chi connectivity index (χ0n) is 11.1. The molecule has 1 aromatic carbocycles. The van der Waals surface area contributed by atoms with Gasteiger partial charge in [0.25, 0.3) is 0 Å². The van der Waals surface area contributed by atoms with Gasteiger partial charge in [0.05, 0.1) is 6.61 Å². The number of hydrogen-bond acceptors (Lipinski definition) is 4. The Hall–Kier alpha value is -2.49. The number of hydrogen-bond donors (Lipinski definition) is 4. The summed E-state index contributed by atoms with van der Waals surface area (Å²) in [6.45, 7) is -0.502. The highest BCUT2D eigenvalue weighted by molar-refractivity contribution is 5.86. The van der Waals surface area contributed by atoms with Crippen molar-refractivity contribution in [3.8, 4) is 5.75 Å². The van der Waals surface area contributed by atoms with Crippen LogP contribution in [0.5, 0.6) is 5.75 Å². The van der Waals surface area contributed by atoms with Gasteiger partial charge < -0.3 is 25.6 Å². The number of ether oxygens (including phenoxy) is 1. The number of carbonyl (C=O) groups excluding carboxylic acids is 1. The number of halogens is 3. The molecule has 2 amide bonds. The predicted octanol–water partition coefficient (Wildman–Crippen LogP) is 1.00. The van der Waals surface area contributed by atoms with Crippen LogP contribution in [0.1, 0.15) is 11.6 Å². The minimum absolute atomic E-state index is 0.0420. The van der Waals surface area contributed by atoms with Crippen LogP contribution < -0.4 is 15.4 Å². The average Bonchev–Trinajstić information content (AvgIpc) is 2.40. The van der Waals surface area contributed by atoms with Crippen molar-refractivity contribution in [3.63, 3.8) is 0 Å². The van der Waals surface area contributed by atoms with Crippen molar-refractivity contribution in [3.05, 3.63) is 29.8 Å². The normalized spacial score (nSPS) is 12.4. The number of amides is 2. The molecular formula is C12H13F3N2O5. The molecule has 1 atom stereocenters. The minimum Gasteiger partial charge on any atom is -0.465 e. The van der Waals surface area contributed by atoms with Crippen molar-refractivity contribution in [2.45, 2.75) is 12.4 Å². The molecule has 0 radical (unpaired) electrons. The lowest BCUT2D eigenvalue weighted by Gasteiger charge is -2.18. The zero-order chi connectivity index (χ0) is 16.8. The Bertz CT molecular complexity index is 536. The van der Waals surface area contributed by atoms with E-state index < -0.39 is 30.2 Å². The highest BCUT2D eigenvalue weighted by Gasteiger charge is 2.31. The molecule has 22 heavy (non-hydrogen) atoms. The lowest BCUT2D eigenvalue weighted by atomic mass is 10.1. The van der Waals surface area contributed by atoms with Gasteiger partial charge in [-0.05, 0) is 17.7 Å². The first-order chi connectivity index (χ1) is 10.2. The van der Waals surface area contributed by atoms with Crippen LogP contribution in [0.2, 0.25) is 0 Å². The fourth-order valence-electron chi connectivity index (χ4n) is 1.60. The largest absolute Gasteiger partial charge is 0.573 e. The van der Waals surface area contributed by atoms with E-state index in [1.54, 1.807) is 0 Å². The van der Waals surface area contributed by atoms with E-state index in [9.17, 15) is 22.8 Å². The van der Waals surface area contributed by atoms with Gasteiger partial charge in [-0.25, -0.2) is 4.79 Å². The summed E-state index contributed by atoms with van der Waals surface area (Å²) in [6.07, 6.45) is -6.45. The Balaban J connectivity index is 3.00. The van der Waals surface area contributed by atoms with Crippen LogP contribution in [0.15, 0.2) is 24.3 Å². The van der Waals surface area contributed by atoms with Crippen LogP contribution in [-0.2, 0) is 4.79 Å². The Labute approximate surface area is 122 Å². The van der Waals surface area contributed by atoms with Crippen molar-refractivity contribution in [1.29, 1.82) is 0 Å². The van der Waals surface area contributed by atoms with E-state index in [2.05, 4.69) is 10.1 Å². The average molecular weight is 322 g/mol. The first-order valence-electron chi connectivity index (χ1n) is 5.96. The summed E-state index contributed by atoms with van der Waals surface area (Å²) in [5, 5.41) is 21.5. The van der Waals surface area contributed by atoms with Crippen LogP contribution in [0.4, 0.5) is 18.0 Å². The Morgan fingerprint density at radius 3 is 2.55 bits per heavy atom. The predicted molar refractivity (Wildman–Crippen MR) is 67.1 cm³/mol. The van der Waals surface area contributed by atoms with Crippen LogP contribution >= 0.6 is 0 Å². The highest BCUT2D eigenvalue weighted by Crippen LogP contribution is 2.25. The van der Waals surface area contributed by atoms with Gasteiger partial charge in [-0.3, -0.25) is 4.79 Å². The molecule has 122 valence electrons. The summed E-state index contributed by atoms with van der Waals surface area (Å²) in [5.74, 6) is -1.40. The van der Waals surface area contributed by atoms with Crippen molar-refractivity contribution < 1.29 is 37.7 Å². The molecule has 10 heteroatoms. The maximum absolute atomic E-state index is 12.2. The number of benzene rings is 1. The van der Waals surface area contributed by atoms with Gasteiger partial charge in [0.15, 0.2) is 0 Å². The number of carbonyl (C=O) groups is 2. The summed E-state index contributed by atoms with van der Waals surface area (Å²) >= 11 is 0. The Morgan fingerprint density at radius 1 is 1.32 bits per heavy atom. The van der Waals surface area contributed by atoms with E-state index in [0.717, 1.165) is 12.1 Å². The van der Waals surface area contributed by atoms with Gasteiger partial charge in [-0.1, -0.05) is 12.1 Å². The zero-order valence-corrected chi connectivity index (χ0v) is 11.1. The lowest BCUT2D eigenvalue weighted by Crippen LogP contribution is -2.40. The maximum Gasteiger partial charge on any atom is 0.573 e. The van der Waals surface area contributed by atoms with Crippen molar-refractivity contribution in [2.24, 2.45) is 0 Å². The smallest absolute Gasteiger partial charge is 0.465 e. The van der Waals surface area contributed by atoms with E-state index in [1.807, 2.05) is 5.32 Å². The van der Waals surface area contributed by atoms with Gasteiger partial charge in [0.2, 0.25) is 5.91 Å². The molecule has 0 saturated carbocycles. The molecule has 0 heterocycles. The Morgan fingerprint density at radius 2 is 2.00 bits per heavy atom. The van der Waals surface area contributed by atoms with Crippen LogP contribution in [0.3, 0.4) is 0 Å². The van der Waals surface area contributed by atoms with Crippen molar-refractivity contribution >= 4 is 12.0 Å². The Kier molecular flexibility index (Phi) is 5.99. The quantitative estimate of drug-likeness (QED) is 0.625. The molecule has 4 N–H and O–H groups in total. The molecule has 0 bridgehead atoms. The molecule has 0 aromatic heterocycles. The molecule has 0 saturated heterocycles. The second kappa shape index (κ2) is 7.50. The third-order valence-electron chi connectivity index (χ3n) is 2.37. The van der Waals surface area contributed by atoms with Crippen molar-refractivity contribution in [2.75, 3.05) is 13.2 Å². The summed E-state index contributed by atoms with van der Waals surface area (Å²) in [6, 6.07) is 2.92. The van der Waals surface area contributed by atoms with Crippen molar-refractivity contribution in [1.82, 2.24) is 10.6 Å². The fraction of sp³-hybridized carbons (Fsp3) is 0.333. The van der Waals surface area contributed by atoms with Gasteiger partial charge in [-0.2, -0.15) is 0 Å². The molecule has 0 spiro atoms. The first kappa shape index (κ1) is 17.6. The van der Waals surface area contributed by atoms with Gasteiger partial charge >= 0.3 is 12.5 Å².